The van der Waals surface area contributed by atoms with Crippen molar-refractivity contribution in [3.05, 3.63) is 53.9 Å². The first kappa shape index (κ1) is 15.5. The molecule has 0 unspecified atom stereocenters. The van der Waals surface area contributed by atoms with Crippen molar-refractivity contribution in [3.63, 3.8) is 0 Å². The molecule has 1 aromatic carbocycles. The van der Waals surface area contributed by atoms with Gasteiger partial charge >= 0.3 is 0 Å². The second kappa shape index (κ2) is 7.21. The van der Waals surface area contributed by atoms with Gasteiger partial charge in [-0.2, -0.15) is 0 Å². The maximum absolute atomic E-state index is 12.3. The van der Waals surface area contributed by atoms with Crippen LogP contribution >= 0.6 is 0 Å². The van der Waals surface area contributed by atoms with E-state index in [2.05, 4.69) is 15.6 Å². The van der Waals surface area contributed by atoms with Crippen molar-refractivity contribution in [2.24, 2.45) is 0 Å². The molecule has 2 N–H and O–H groups in total. The molecule has 6 heteroatoms. The van der Waals surface area contributed by atoms with Gasteiger partial charge < -0.3 is 15.4 Å². The molecule has 0 spiro atoms. The molecule has 114 valence electrons. The Morgan fingerprint density at radius 3 is 2.68 bits per heavy atom. The van der Waals surface area contributed by atoms with Crippen LogP contribution in [0.5, 0.6) is 5.75 Å². The van der Waals surface area contributed by atoms with Crippen molar-refractivity contribution in [2.75, 3.05) is 12.4 Å². The van der Waals surface area contributed by atoms with Gasteiger partial charge in [-0.3, -0.25) is 14.6 Å². The number of amides is 2. The minimum atomic E-state index is -0.297. The molecule has 1 aromatic heterocycles. The average Bonchev–Trinajstić information content (AvgIpc) is 2.53. The third kappa shape index (κ3) is 4.05. The smallest absolute Gasteiger partial charge is 0.255 e. The number of carbonyl (C=O) groups excluding carboxylic acids is 2. The molecular weight excluding hydrogens is 282 g/mol. The van der Waals surface area contributed by atoms with E-state index in [9.17, 15) is 9.59 Å². The van der Waals surface area contributed by atoms with Gasteiger partial charge in [0.2, 0.25) is 5.91 Å². The van der Waals surface area contributed by atoms with Gasteiger partial charge in [0.15, 0.2) is 0 Å². The van der Waals surface area contributed by atoms with Gasteiger partial charge in [0.05, 0.1) is 24.9 Å². The number of benzene rings is 1. The lowest BCUT2D eigenvalue weighted by atomic mass is 10.1. The van der Waals surface area contributed by atoms with Crippen LogP contribution in [0, 0.1) is 0 Å². The molecule has 0 fully saturated rings. The fourth-order valence-corrected chi connectivity index (χ4v) is 1.94. The number of aromatic nitrogens is 1. The summed E-state index contributed by atoms with van der Waals surface area (Å²) in [4.78, 5) is 27.6. The number of rotatable bonds is 5. The molecule has 2 rings (SSSR count). The van der Waals surface area contributed by atoms with Gasteiger partial charge in [0.25, 0.3) is 5.91 Å². The van der Waals surface area contributed by atoms with Gasteiger partial charge in [-0.15, -0.1) is 0 Å². The molecule has 0 saturated heterocycles. The zero-order valence-corrected chi connectivity index (χ0v) is 12.4. The van der Waals surface area contributed by atoms with Crippen LogP contribution in [0.25, 0.3) is 0 Å². The molecule has 0 saturated carbocycles. The Labute approximate surface area is 128 Å². The third-order valence-corrected chi connectivity index (χ3v) is 2.92. The maximum Gasteiger partial charge on any atom is 0.255 e. The fourth-order valence-electron chi connectivity index (χ4n) is 1.94. The SMILES string of the molecule is COc1ccc(NC(C)=O)cc1C(=O)NCc1ccccn1. The molecule has 0 bridgehead atoms. The van der Waals surface area contributed by atoms with E-state index in [0.717, 1.165) is 5.69 Å². The van der Waals surface area contributed by atoms with Crippen LogP contribution in [-0.2, 0) is 11.3 Å². The number of hydrogen-bond acceptors (Lipinski definition) is 4. The summed E-state index contributed by atoms with van der Waals surface area (Å²) >= 11 is 0. The minimum absolute atomic E-state index is 0.204. The zero-order chi connectivity index (χ0) is 15.9. The zero-order valence-electron chi connectivity index (χ0n) is 12.4. The Hall–Kier alpha value is -2.89. The number of methoxy groups -OCH3 is 1. The molecule has 0 aliphatic rings. The van der Waals surface area contributed by atoms with Gasteiger partial charge in [-0.05, 0) is 30.3 Å². The number of hydrogen-bond donors (Lipinski definition) is 2. The summed E-state index contributed by atoms with van der Waals surface area (Å²) in [7, 11) is 1.49. The number of anilines is 1. The molecule has 0 radical (unpaired) electrons. The normalized spacial score (nSPS) is 9.91. The van der Waals surface area contributed by atoms with E-state index < -0.39 is 0 Å². The molecule has 0 aliphatic carbocycles. The Balaban J connectivity index is 2.14. The Morgan fingerprint density at radius 2 is 2.05 bits per heavy atom. The maximum atomic E-state index is 12.3. The molecule has 0 aliphatic heterocycles. The molecular formula is C16H17N3O3. The molecule has 2 aromatic rings. The minimum Gasteiger partial charge on any atom is -0.496 e. The number of pyridine rings is 1. The van der Waals surface area contributed by atoms with Gasteiger partial charge in [0, 0.05) is 18.8 Å². The molecule has 22 heavy (non-hydrogen) atoms. The summed E-state index contributed by atoms with van der Waals surface area (Å²) in [5, 5.41) is 5.41. The van der Waals surface area contributed by atoms with E-state index in [1.807, 2.05) is 18.2 Å². The molecule has 0 atom stereocenters. The van der Waals surface area contributed by atoms with Crippen molar-refractivity contribution >= 4 is 17.5 Å². The van der Waals surface area contributed by atoms with Crippen molar-refractivity contribution in [1.29, 1.82) is 0 Å². The quantitative estimate of drug-likeness (QED) is 0.884. The van der Waals surface area contributed by atoms with E-state index in [0.29, 0.717) is 23.5 Å². The highest BCUT2D eigenvalue weighted by atomic mass is 16.5. The van der Waals surface area contributed by atoms with Crippen molar-refractivity contribution in [3.8, 4) is 5.75 Å². The summed E-state index contributed by atoms with van der Waals surface area (Å²) < 4.78 is 5.19. The highest BCUT2D eigenvalue weighted by molar-refractivity contribution is 5.99. The third-order valence-electron chi connectivity index (χ3n) is 2.92. The van der Waals surface area contributed by atoms with E-state index in [1.54, 1.807) is 24.4 Å². The monoisotopic (exact) mass is 299 g/mol. The predicted octanol–water partition coefficient (Wildman–Crippen LogP) is 1.98. The Bertz CT molecular complexity index is 672. The molecule has 1 heterocycles. The lowest BCUT2D eigenvalue weighted by Gasteiger charge is -2.11. The summed E-state index contributed by atoms with van der Waals surface area (Å²) in [6, 6.07) is 10.4. The van der Waals surface area contributed by atoms with Crippen LogP contribution in [0.4, 0.5) is 5.69 Å². The number of carbonyl (C=O) groups is 2. The number of nitrogens with zero attached hydrogens (tertiary/aromatic N) is 1. The van der Waals surface area contributed by atoms with Crippen LogP contribution in [-0.4, -0.2) is 23.9 Å². The van der Waals surface area contributed by atoms with Crippen molar-refractivity contribution in [2.45, 2.75) is 13.5 Å². The first-order valence-electron chi connectivity index (χ1n) is 6.74. The van der Waals surface area contributed by atoms with Crippen LogP contribution < -0.4 is 15.4 Å². The number of nitrogens with one attached hydrogen (secondary N) is 2. The van der Waals surface area contributed by atoms with Crippen LogP contribution in [0.2, 0.25) is 0 Å². The van der Waals surface area contributed by atoms with E-state index >= 15 is 0 Å². The van der Waals surface area contributed by atoms with Crippen LogP contribution in [0.3, 0.4) is 0 Å². The van der Waals surface area contributed by atoms with E-state index in [4.69, 9.17) is 4.74 Å². The summed E-state index contributed by atoms with van der Waals surface area (Å²) in [6.45, 7) is 1.72. The number of ether oxygens (including phenoxy) is 1. The topological polar surface area (TPSA) is 80.3 Å². The lowest BCUT2D eigenvalue weighted by Crippen LogP contribution is -2.24. The van der Waals surface area contributed by atoms with Gasteiger partial charge in [0.1, 0.15) is 5.75 Å². The van der Waals surface area contributed by atoms with Crippen LogP contribution in [0.15, 0.2) is 42.6 Å². The Morgan fingerprint density at radius 1 is 1.23 bits per heavy atom. The van der Waals surface area contributed by atoms with E-state index in [1.165, 1.54) is 14.0 Å². The molecule has 2 amide bonds. The first-order chi connectivity index (χ1) is 10.6. The predicted molar refractivity (Wildman–Crippen MR) is 82.7 cm³/mol. The standard InChI is InChI=1S/C16H17N3O3/c1-11(20)19-12-6-7-15(22-2)14(9-12)16(21)18-10-13-5-3-4-8-17-13/h3-9H,10H2,1-2H3,(H,18,21)(H,19,20). The van der Waals surface area contributed by atoms with Crippen molar-refractivity contribution in [1.82, 2.24) is 10.3 Å². The fraction of sp³-hybridized carbons (Fsp3) is 0.188. The summed E-state index contributed by atoms with van der Waals surface area (Å²) in [5.41, 5.74) is 1.65. The average molecular weight is 299 g/mol. The largest absolute Gasteiger partial charge is 0.496 e. The second-order valence-electron chi connectivity index (χ2n) is 4.60. The van der Waals surface area contributed by atoms with E-state index in [-0.39, 0.29) is 11.8 Å². The molecule has 6 nitrogen and oxygen atoms in total. The Kier molecular flexibility index (Phi) is 5.08. The summed E-state index contributed by atoms with van der Waals surface area (Å²) in [6.07, 6.45) is 1.67. The first-order valence-corrected chi connectivity index (χ1v) is 6.74. The van der Waals surface area contributed by atoms with Crippen molar-refractivity contribution < 1.29 is 14.3 Å². The van der Waals surface area contributed by atoms with Gasteiger partial charge in [-0.1, -0.05) is 6.07 Å². The second-order valence-corrected chi connectivity index (χ2v) is 4.60. The van der Waals surface area contributed by atoms with Gasteiger partial charge in [-0.25, -0.2) is 0 Å². The lowest BCUT2D eigenvalue weighted by molar-refractivity contribution is -0.114. The highest BCUT2D eigenvalue weighted by Gasteiger charge is 2.13. The van der Waals surface area contributed by atoms with Crippen LogP contribution in [0.1, 0.15) is 23.0 Å². The summed E-state index contributed by atoms with van der Waals surface area (Å²) in [5.74, 6) is -0.0626. The highest BCUT2D eigenvalue weighted by Crippen LogP contribution is 2.22.